The number of carbonyl (C=O) groups excluding carboxylic acids is 1. The number of benzene rings is 1. The number of nitrogens with two attached hydrogens (primary N) is 1. The molecule has 1 aromatic carbocycles. The van der Waals surface area contributed by atoms with Gasteiger partial charge >= 0.3 is 0 Å². The Balaban J connectivity index is 1.76. The average molecular weight is 351 g/mol. The largest absolute Gasteiger partial charge is 0.497 e. The van der Waals surface area contributed by atoms with E-state index in [4.69, 9.17) is 14.9 Å². The maximum atomic E-state index is 11.7. The van der Waals surface area contributed by atoms with Crippen LogP contribution >= 0.6 is 11.8 Å². The molecular weight excluding hydrogens is 338 g/mol. The number of ether oxygens (including phenoxy) is 1. The second-order valence-electron chi connectivity index (χ2n) is 5.35. The quantitative estimate of drug-likeness (QED) is 0.727. The third kappa shape index (κ3) is 2.89. The maximum absolute atomic E-state index is 11.7. The molecular formula is C18H13N3O3S. The zero-order valence-corrected chi connectivity index (χ0v) is 14.0. The number of nitrogens with zero attached hydrogens (tertiary/aromatic N) is 2. The van der Waals surface area contributed by atoms with Crippen LogP contribution in [0.15, 0.2) is 57.0 Å². The number of carbonyl (C=O) groups is 1. The third-order valence-electron chi connectivity index (χ3n) is 3.75. The first kappa shape index (κ1) is 15.5. The van der Waals surface area contributed by atoms with Crippen LogP contribution in [0.25, 0.3) is 28.2 Å². The van der Waals surface area contributed by atoms with Crippen molar-refractivity contribution in [2.75, 3.05) is 7.11 Å². The van der Waals surface area contributed by atoms with Gasteiger partial charge in [-0.05, 0) is 35.5 Å². The molecule has 4 rings (SSSR count). The average Bonchev–Trinajstić information content (AvgIpc) is 3.17. The van der Waals surface area contributed by atoms with Gasteiger partial charge in [0.2, 0.25) is 0 Å². The smallest absolute Gasteiger partial charge is 0.286 e. The van der Waals surface area contributed by atoms with E-state index in [9.17, 15) is 4.79 Å². The van der Waals surface area contributed by atoms with Crippen molar-refractivity contribution in [1.29, 1.82) is 0 Å². The standard InChI is InChI=1S/C18H13N3O3S/c1-23-12-4-2-10(3-5-12)14-9-20-8-11-6-13(24-16(11)14)7-15-17(22)21-18(19)25-15/h2-9H,1H3,(H2,19,21,22)/b15-7-. The van der Waals surface area contributed by atoms with Crippen LogP contribution in [0.3, 0.4) is 0 Å². The molecule has 1 aliphatic rings. The highest BCUT2D eigenvalue weighted by atomic mass is 32.2. The highest BCUT2D eigenvalue weighted by molar-refractivity contribution is 8.18. The molecule has 3 heterocycles. The fraction of sp³-hybridized carbons (Fsp3) is 0.0556. The topological polar surface area (TPSA) is 90.7 Å². The van der Waals surface area contributed by atoms with E-state index in [1.807, 2.05) is 30.3 Å². The molecule has 2 aromatic heterocycles. The number of hydrogen-bond donors (Lipinski definition) is 1. The van der Waals surface area contributed by atoms with Gasteiger partial charge in [-0.15, -0.1) is 0 Å². The summed E-state index contributed by atoms with van der Waals surface area (Å²) >= 11 is 1.13. The van der Waals surface area contributed by atoms with Crippen molar-refractivity contribution in [3.63, 3.8) is 0 Å². The fourth-order valence-corrected chi connectivity index (χ4v) is 3.25. The van der Waals surface area contributed by atoms with Crippen LogP contribution in [-0.4, -0.2) is 23.2 Å². The van der Waals surface area contributed by atoms with Crippen LogP contribution in [0.4, 0.5) is 0 Å². The minimum absolute atomic E-state index is 0.243. The summed E-state index contributed by atoms with van der Waals surface area (Å²) in [7, 11) is 1.63. The van der Waals surface area contributed by atoms with Crippen LogP contribution in [0.1, 0.15) is 5.76 Å². The summed E-state index contributed by atoms with van der Waals surface area (Å²) in [6.07, 6.45) is 5.12. The maximum Gasteiger partial charge on any atom is 0.286 e. The Morgan fingerprint density at radius 1 is 1.24 bits per heavy atom. The van der Waals surface area contributed by atoms with Gasteiger partial charge in [0.25, 0.3) is 5.91 Å². The van der Waals surface area contributed by atoms with E-state index in [1.165, 1.54) is 0 Å². The molecule has 1 aliphatic heterocycles. The Morgan fingerprint density at radius 3 is 2.72 bits per heavy atom. The van der Waals surface area contributed by atoms with Gasteiger partial charge in [-0.3, -0.25) is 9.78 Å². The molecule has 1 amide bonds. The molecule has 0 atom stereocenters. The van der Waals surface area contributed by atoms with Crippen molar-refractivity contribution >= 4 is 39.9 Å². The molecule has 0 fully saturated rings. The van der Waals surface area contributed by atoms with Crippen LogP contribution in [0.2, 0.25) is 0 Å². The predicted molar refractivity (Wildman–Crippen MR) is 98.2 cm³/mol. The number of pyridine rings is 1. The van der Waals surface area contributed by atoms with Crippen LogP contribution in [0.5, 0.6) is 5.75 Å². The number of methoxy groups -OCH3 is 1. The van der Waals surface area contributed by atoms with E-state index in [1.54, 1.807) is 25.6 Å². The number of thioether (sulfide) groups is 1. The number of amidine groups is 1. The number of furan rings is 1. The molecule has 0 saturated heterocycles. The van der Waals surface area contributed by atoms with Gasteiger partial charge in [-0.2, -0.15) is 4.99 Å². The highest BCUT2D eigenvalue weighted by Crippen LogP contribution is 2.33. The van der Waals surface area contributed by atoms with Gasteiger partial charge < -0.3 is 14.9 Å². The Morgan fingerprint density at radius 2 is 2.04 bits per heavy atom. The van der Waals surface area contributed by atoms with Gasteiger partial charge in [0.15, 0.2) is 5.17 Å². The SMILES string of the molecule is COc1ccc(-c2cncc3cc(/C=C4\SC(N)=NC4=O)oc23)cc1. The van der Waals surface area contributed by atoms with E-state index in [0.717, 1.165) is 34.0 Å². The summed E-state index contributed by atoms with van der Waals surface area (Å²) in [5, 5.41) is 1.09. The zero-order chi connectivity index (χ0) is 17.4. The third-order valence-corrected chi connectivity index (χ3v) is 4.57. The number of hydrogen-bond acceptors (Lipinski definition) is 6. The summed E-state index contributed by atoms with van der Waals surface area (Å²) in [4.78, 5) is 20.1. The van der Waals surface area contributed by atoms with Gasteiger partial charge in [0.05, 0.1) is 12.0 Å². The molecule has 3 aromatic rings. The molecule has 0 spiro atoms. The molecule has 7 heteroatoms. The molecule has 0 bridgehead atoms. The Labute approximate surface area is 147 Å². The second-order valence-corrected chi connectivity index (χ2v) is 6.41. The van der Waals surface area contributed by atoms with E-state index < -0.39 is 0 Å². The van der Waals surface area contributed by atoms with Crippen LogP contribution < -0.4 is 10.5 Å². The number of rotatable bonds is 3. The monoisotopic (exact) mass is 351 g/mol. The molecule has 0 radical (unpaired) electrons. The minimum Gasteiger partial charge on any atom is -0.497 e. The van der Waals surface area contributed by atoms with E-state index in [0.29, 0.717) is 16.2 Å². The first-order chi connectivity index (χ1) is 12.1. The van der Waals surface area contributed by atoms with Gasteiger partial charge in [0.1, 0.15) is 17.1 Å². The molecule has 6 nitrogen and oxygen atoms in total. The Hall–Kier alpha value is -3.06. The highest BCUT2D eigenvalue weighted by Gasteiger charge is 2.20. The lowest BCUT2D eigenvalue weighted by Crippen LogP contribution is -2.01. The molecule has 0 saturated carbocycles. The van der Waals surface area contributed by atoms with E-state index in [-0.39, 0.29) is 11.1 Å². The summed E-state index contributed by atoms with van der Waals surface area (Å²) in [6, 6.07) is 9.49. The van der Waals surface area contributed by atoms with Crippen molar-refractivity contribution in [1.82, 2.24) is 4.98 Å². The summed E-state index contributed by atoms with van der Waals surface area (Å²) in [5.74, 6) is 0.984. The second kappa shape index (κ2) is 6.10. The predicted octanol–water partition coefficient (Wildman–Crippen LogP) is 3.43. The minimum atomic E-state index is -0.351. The van der Waals surface area contributed by atoms with Crippen molar-refractivity contribution in [2.24, 2.45) is 10.7 Å². The first-order valence-corrected chi connectivity index (χ1v) is 8.26. The van der Waals surface area contributed by atoms with Crippen LogP contribution in [-0.2, 0) is 4.79 Å². The normalized spacial score (nSPS) is 15.8. The van der Waals surface area contributed by atoms with Crippen LogP contribution in [0, 0.1) is 0 Å². The molecule has 124 valence electrons. The first-order valence-electron chi connectivity index (χ1n) is 7.44. The Kier molecular flexibility index (Phi) is 3.77. The van der Waals surface area contributed by atoms with Crippen molar-refractivity contribution in [2.45, 2.75) is 0 Å². The number of amides is 1. The lowest BCUT2D eigenvalue weighted by Gasteiger charge is -2.04. The molecule has 0 aliphatic carbocycles. The summed E-state index contributed by atoms with van der Waals surface area (Å²) in [5.41, 5.74) is 8.10. The number of fused-ring (bicyclic) bond motifs is 1. The van der Waals surface area contributed by atoms with E-state index in [2.05, 4.69) is 9.98 Å². The van der Waals surface area contributed by atoms with Crippen molar-refractivity contribution in [3.8, 4) is 16.9 Å². The van der Waals surface area contributed by atoms with Crippen molar-refractivity contribution < 1.29 is 13.9 Å². The van der Waals surface area contributed by atoms with Gasteiger partial charge in [-0.1, -0.05) is 12.1 Å². The molecule has 0 unspecified atom stereocenters. The summed E-state index contributed by atoms with van der Waals surface area (Å²) < 4.78 is 11.1. The number of aliphatic imine (C=N–C) groups is 1. The lowest BCUT2D eigenvalue weighted by atomic mass is 10.1. The molecule has 25 heavy (non-hydrogen) atoms. The summed E-state index contributed by atoms with van der Waals surface area (Å²) in [6.45, 7) is 0. The van der Waals surface area contributed by atoms with E-state index >= 15 is 0 Å². The zero-order valence-electron chi connectivity index (χ0n) is 13.2. The Bertz CT molecular complexity index is 1040. The number of aromatic nitrogens is 1. The van der Waals surface area contributed by atoms with Gasteiger partial charge in [0, 0.05) is 29.4 Å². The van der Waals surface area contributed by atoms with Gasteiger partial charge in [-0.25, -0.2) is 0 Å². The fourth-order valence-electron chi connectivity index (χ4n) is 2.58. The lowest BCUT2D eigenvalue weighted by molar-refractivity contribution is -0.113. The molecule has 2 N–H and O–H groups in total. The van der Waals surface area contributed by atoms with Crippen molar-refractivity contribution in [3.05, 3.63) is 53.4 Å².